The summed E-state index contributed by atoms with van der Waals surface area (Å²) in [4.78, 5) is 12.4. The van der Waals surface area contributed by atoms with Gasteiger partial charge in [-0.3, -0.25) is 4.79 Å². The van der Waals surface area contributed by atoms with E-state index in [0.717, 1.165) is 11.1 Å². The van der Waals surface area contributed by atoms with Gasteiger partial charge in [0.2, 0.25) is 5.91 Å². The third-order valence-corrected chi connectivity index (χ3v) is 5.68. The van der Waals surface area contributed by atoms with Gasteiger partial charge in [0.25, 0.3) is 0 Å². The molecule has 3 aromatic rings. The molecular formula is C20H20Cl2N4O2S. The number of hydrogen-bond donors (Lipinski definition) is 1. The fraction of sp³-hybridized carbons (Fsp3) is 0.250. The van der Waals surface area contributed by atoms with Crippen LogP contribution in [-0.4, -0.2) is 33.5 Å². The highest BCUT2D eigenvalue weighted by atomic mass is 35.5. The molecule has 0 saturated carbocycles. The first-order valence-corrected chi connectivity index (χ1v) is 10.6. The number of hydrogen-bond acceptors (Lipinski definition) is 5. The van der Waals surface area contributed by atoms with Gasteiger partial charge in [-0.2, -0.15) is 0 Å². The predicted molar refractivity (Wildman–Crippen MR) is 118 cm³/mol. The molecule has 3 rings (SSSR count). The van der Waals surface area contributed by atoms with Crippen LogP contribution in [0.4, 0.5) is 5.69 Å². The summed E-state index contributed by atoms with van der Waals surface area (Å²) in [6.07, 6.45) is 0. The van der Waals surface area contributed by atoms with Crippen molar-refractivity contribution in [3.63, 3.8) is 0 Å². The zero-order valence-corrected chi connectivity index (χ0v) is 18.5. The summed E-state index contributed by atoms with van der Waals surface area (Å²) < 4.78 is 7.35. The summed E-state index contributed by atoms with van der Waals surface area (Å²) in [6.45, 7) is 4.54. The third kappa shape index (κ3) is 5.04. The van der Waals surface area contributed by atoms with E-state index in [9.17, 15) is 4.79 Å². The molecule has 1 heterocycles. The zero-order valence-electron chi connectivity index (χ0n) is 16.2. The van der Waals surface area contributed by atoms with Crippen molar-refractivity contribution in [2.24, 2.45) is 0 Å². The van der Waals surface area contributed by atoms with Crippen molar-refractivity contribution in [2.45, 2.75) is 25.5 Å². The first-order valence-electron chi connectivity index (χ1n) is 8.88. The van der Waals surface area contributed by atoms with Crippen molar-refractivity contribution < 1.29 is 9.53 Å². The number of carbonyl (C=O) groups excluding carboxylic acids is 1. The van der Waals surface area contributed by atoms with E-state index in [4.69, 9.17) is 27.9 Å². The number of methoxy groups -OCH3 is 1. The van der Waals surface area contributed by atoms with E-state index >= 15 is 0 Å². The summed E-state index contributed by atoms with van der Waals surface area (Å²) in [6, 6.07) is 10.7. The van der Waals surface area contributed by atoms with Crippen LogP contribution in [0.25, 0.3) is 11.4 Å². The van der Waals surface area contributed by atoms with E-state index in [0.29, 0.717) is 39.0 Å². The number of benzene rings is 2. The van der Waals surface area contributed by atoms with Crippen molar-refractivity contribution in [3.8, 4) is 17.1 Å². The van der Waals surface area contributed by atoms with Crippen molar-refractivity contribution >= 4 is 46.6 Å². The molecule has 1 amide bonds. The number of nitrogens with one attached hydrogen (secondary N) is 1. The molecule has 1 aromatic heterocycles. The van der Waals surface area contributed by atoms with Gasteiger partial charge in [-0.1, -0.05) is 41.0 Å². The Morgan fingerprint density at radius 2 is 1.90 bits per heavy atom. The van der Waals surface area contributed by atoms with Crippen LogP contribution in [0.1, 0.15) is 12.5 Å². The van der Waals surface area contributed by atoms with Gasteiger partial charge in [0.1, 0.15) is 5.75 Å². The summed E-state index contributed by atoms with van der Waals surface area (Å²) >= 11 is 13.5. The van der Waals surface area contributed by atoms with E-state index in [-0.39, 0.29) is 11.7 Å². The lowest BCUT2D eigenvalue weighted by Gasteiger charge is -2.11. The molecule has 0 aliphatic carbocycles. The number of halogens is 2. The van der Waals surface area contributed by atoms with Gasteiger partial charge in [-0.05, 0) is 49.7 Å². The molecule has 0 spiro atoms. The SMILES string of the molecule is CCn1c(SCC(=O)Nc2cc(Cl)ccc2C)nnc1-c1cc(Cl)ccc1OC. The molecule has 2 aromatic carbocycles. The Morgan fingerprint density at radius 1 is 1.17 bits per heavy atom. The van der Waals surface area contributed by atoms with E-state index in [2.05, 4.69) is 15.5 Å². The Kier molecular flexibility index (Phi) is 7.05. The predicted octanol–water partition coefficient (Wildman–Crippen LogP) is 5.32. The van der Waals surface area contributed by atoms with Gasteiger partial charge < -0.3 is 14.6 Å². The maximum absolute atomic E-state index is 12.4. The molecule has 0 aliphatic rings. The van der Waals surface area contributed by atoms with Crippen LogP contribution >= 0.6 is 35.0 Å². The Bertz CT molecular complexity index is 1040. The van der Waals surface area contributed by atoms with Crippen LogP contribution in [0.2, 0.25) is 10.0 Å². The Morgan fingerprint density at radius 3 is 2.62 bits per heavy atom. The maximum atomic E-state index is 12.4. The smallest absolute Gasteiger partial charge is 0.234 e. The highest BCUT2D eigenvalue weighted by Gasteiger charge is 2.18. The highest BCUT2D eigenvalue weighted by molar-refractivity contribution is 7.99. The van der Waals surface area contributed by atoms with E-state index in [1.54, 1.807) is 37.4 Å². The lowest BCUT2D eigenvalue weighted by molar-refractivity contribution is -0.113. The van der Waals surface area contributed by atoms with Crippen LogP contribution < -0.4 is 10.1 Å². The van der Waals surface area contributed by atoms with Gasteiger partial charge in [0, 0.05) is 22.3 Å². The van der Waals surface area contributed by atoms with Crippen molar-refractivity contribution in [1.29, 1.82) is 0 Å². The van der Waals surface area contributed by atoms with Gasteiger partial charge >= 0.3 is 0 Å². The number of aromatic nitrogens is 3. The minimum absolute atomic E-state index is 0.145. The number of rotatable bonds is 7. The summed E-state index contributed by atoms with van der Waals surface area (Å²) in [7, 11) is 1.59. The summed E-state index contributed by atoms with van der Waals surface area (Å²) in [5, 5.41) is 13.2. The third-order valence-electron chi connectivity index (χ3n) is 4.24. The first kappa shape index (κ1) is 21.5. The molecular weight excluding hydrogens is 431 g/mol. The Hall–Kier alpha value is -2.22. The van der Waals surface area contributed by atoms with Gasteiger partial charge in [-0.15, -0.1) is 10.2 Å². The summed E-state index contributed by atoms with van der Waals surface area (Å²) in [5.41, 5.74) is 2.39. The number of thioether (sulfide) groups is 1. The zero-order chi connectivity index (χ0) is 21.0. The van der Waals surface area contributed by atoms with E-state index < -0.39 is 0 Å². The van der Waals surface area contributed by atoms with E-state index in [1.807, 2.05) is 24.5 Å². The van der Waals surface area contributed by atoms with Crippen molar-refractivity contribution in [3.05, 3.63) is 52.0 Å². The van der Waals surface area contributed by atoms with Gasteiger partial charge in [0.15, 0.2) is 11.0 Å². The molecule has 0 aliphatic heterocycles. The highest BCUT2D eigenvalue weighted by Crippen LogP contribution is 2.33. The average Bonchev–Trinajstić information content (AvgIpc) is 3.12. The molecule has 29 heavy (non-hydrogen) atoms. The second kappa shape index (κ2) is 9.52. The van der Waals surface area contributed by atoms with Crippen molar-refractivity contribution in [1.82, 2.24) is 14.8 Å². The van der Waals surface area contributed by atoms with E-state index in [1.165, 1.54) is 11.8 Å². The molecule has 0 fully saturated rings. The second-order valence-corrected chi connectivity index (χ2v) is 8.01. The molecule has 0 atom stereocenters. The topological polar surface area (TPSA) is 69.0 Å². The number of carbonyl (C=O) groups is 1. The molecule has 0 radical (unpaired) electrons. The fourth-order valence-corrected chi connectivity index (χ4v) is 3.93. The molecule has 0 bridgehead atoms. The lowest BCUT2D eigenvalue weighted by Crippen LogP contribution is -2.15. The summed E-state index contributed by atoms with van der Waals surface area (Å²) in [5.74, 6) is 1.34. The molecule has 9 heteroatoms. The first-order chi connectivity index (χ1) is 13.9. The number of anilines is 1. The number of nitrogens with zero attached hydrogens (tertiary/aromatic N) is 3. The van der Waals surface area contributed by atoms with Crippen LogP contribution in [0.15, 0.2) is 41.6 Å². The molecule has 0 unspecified atom stereocenters. The minimum atomic E-state index is -0.145. The Labute approximate surface area is 183 Å². The standard InChI is InChI=1S/C20H20Cl2N4O2S/c1-4-26-19(15-9-13(21)7-8-17(15)28-3)24-25-20(26)29-11-18(27)23-16-10-14(22)6-5-12(16)2/h5-10H,4,11H2,1-3H3,(H,23,27). The normalized spacial score (nSPS) is 10.8. The average molecular weight is 451 g/mol. The number of ether oxygens (including phenoxy) is 1. The molecule has 6 nitrogen and oxygen atoms in total. The van der Waals surface area contributed by atoms with Crippen LogP contribution in [0.3, 0.4) is 0 Å². The Balaban J connectivity index is 1.77. The number of aryl methyl sites for hydroxylation is 1. The van der Waals surface area contributed by atoms with Crippen molar-refractivity contribution in [2.75, 3.05) is 18.2 Å². The molecule has 1 N–H and O–H groups in total. The molecule has 152 valence electrons. The lowest BCUT2D eigenvalue weighted by atomic mass is 10.2. The van der Waals surface area contributed by atoms with Crippen LogP contribution in [-0.2, 0) is 11.3 Å². The minimum Gasteiger partial charge on any atom is -0.496 e. The van der Waals surface area contributed by atoms with Crippen LogP contribution in [0, 0.1) is 6.92 Å². The largest absolute Gasteiger partial charge is 0.496 e. The van der Waals surface area contributed by atoms with Gasteiger partial charge in [-0.25, -0.2) is 0 Å². The van der Waals surface area contributed by atoms with Gasteiger partial charge in [0.05, 0.1) is 18.4 Å². The molecule has 0 saturated heterocycles. The quantitative estimate of drug-likeness (QED) is 0.493. The maximum Gasteiger partial charge on any atom is 0.234 e. The fourth-order valence-electron chi connectivity index (χ4n) is 2.78. The second-order valence-electron chi connectivity index (χ2n) is 6.19. The monoisotopic (exact) mass is 450 g/mol. The number of amides is 1. The van der Waals surface area contributed by atoms with Crippen LogP contribution in [0.5, 0.6) is 5.75 Å².